The highest BCUT2D eigenvalue weighted by Gasteiger charge is 2.28. The molecule has 0 heterocycles. The van der Waals surface area contributed by atoms with Gasteiger partial charge in [0.25, 0.3) is 0 Å². The number of hydrogen-bond acceptors (Lipinski definition) is 2. The van der Waals surface area contributed by atoms with Gasteiger partial charge < -0.3 is 10.2 Å². The van der Waals surface area contributed by atoms with Crippen molar-refractivity contribution in [1.29, 1.82) is 0 Å². The van der Waals surface area contributed by atoms with Gasteiger partial charge in [0.05, 0.1) is 0 Å². The van der Waals surface area contributed by atoms with Gasteiger partial charge in [0.1, 0.15) is 11.9 Å². The predicted octanol–water partition coefficient (Wildman–Crippen LogP) is 5.39. The van der Waals surface area contributed by atoms with Crippen LogP contribution in [0.15, 0.2) is 66.7 Å². The molecule has 4 rings (SSSR count). The fraction of sp³-hybridized carbons (Fsp3) is 0.357. The van der Waals surface area contributed by atoms with Crippen LogP contribution in [-0.2, 0) is 22.6 Å². The van der Waals surface area contributed by atoms with Crippen molar-refractivity contribution in [2.75, 3.05) is 0 Å². The van der Waals surface area contributed by atoms with E-state index in [1.165, 1.54) is 12.1 Å². The molecule has 1 fully saturated rings. The predicted molar refractivity (Wildman–Crippen MR) is 129 cm³/mol. The van der Waals surface area contributed by atoms with Crippen molar-refractivity contribution in [3.63, 3.8) is 0 Å². The molecule has 0 aromatic heterocycles. The molecular formula is C28H31FN2O2. The van der Waals surface area contributed by atoms with Crippen LogP contribution in [0.25, 0.3) is 10.8 Å². The van der Waals surface area contributed by atoms with Gasteiger partial charge in [-0.1, -0.05) is 67.4 Å². The quantitative estimate of drug-likeness (QED) is 0.505. The summed E-state index contributed by atoms with van der Waals surface area (Å²) < 4.78 is 13.4. The number of halogens is 1. The Balaban J connectivity index is 1.50. The van der Waals surface area contributed by atoms with Gasteiger partial charge in [-0.3, -0.25) is 9.59 Å². The number of rotatable bonds is 8. The zero-order valence-corrected chi connectivity index (χ0v) is 19.1. The number of carbonyl (C=O) groups excluding carboxylic acids is 2. The molecule has 0 spiro atoms. The summed E-state index contributed by atoms with van der Waals surface area (Å²) in [6.45, 7) is 2.05. The molecule has 1 N–H and O–H groups in total. The number of hydrogen-bond donors (Lipinski definition) is 1. The summed E-state index contributed by atoms with van der Waals surface area (Å²) in [7, 11) is 0. The van der Waals surface area contributed by atoms with Crippen molar-refractivity contribution in [2.24, 2.45) is 0 Å². The standard InChI is InChI=1S/C28H31FN2O2/c1-20(28(33)30-25-10-3-4-11-25)31(19-21-13-16-24(29)17-14-21)27(32)18-15-23-9-6-8-22-7-2-5-12-26(22)23/h2,5-9,12-14,16-17,20,25H,3-4,10-11,15,18-19H2,1H3,(H,30,33)/t20-/m1/s1. The maximum atomic E-state index is 13.4. The van der Waals surface area contributed by atoms with Gasteiger partial charge in [-0.25, -0.2) is 4.39 Å². The largest absolute Gasteiger partial charge is 0.352 e. The highest BCUT2D eigenvalue weighted by Crippen LogP contribution is 2.22. The molecule has 2 amide bonds. The van der Waals surface area contributed by atoms with Crippen LogP contribution in [0.3, 0.4) is 0 Å². The molecule has 1 aliphatic carbocycles. The highest BCUT2D eigenvalue weighted by molar-refractivity contribution is 5.89. The van der Waals surface area contributed by atoms with E-state index in [2.05, 4.69) is 29.6 Å². The molecule has 3 aromatic rings. The van der Waals surface area contributed by atoms with Crippen molar-refractivity contribution in [3.8, 4) is 0 Å². The molecule has 0 radical (unpaired) electrons. The molecule has 1 aliphatic rings. The minimum absolute atomic E-state index is 0.0821. The van der Waals surface area contributed by atoms with Crippen LogP contribution in [0.2, 0.25) is 0 Å². The normalized spacial score (nSPS) is 14.8. The van der Waals surface area contributed by atoms with Gasteiger partial charge in [0.2, 0.25) is 11.8 Å². The minimum Gasteiger partial charge on any atom is -0.352 e. The molecule has 0 unspecified atom stereocenters. The third-order valence-electron chi connectivity index (χ3n) is 6.62. The van der Waals surface area contributed by atoms with Crippen molar-refractivity contribution in [1.82, 2.24) is 10.2 Å². The zero-order valence-electron chi connectivity index (χ0n) is 19.1. The number of benzene rings is 3. The molecule has 172 valence electrons. The lowest BCUT2D eigenvalue weighted by Gasteiger charge is -2.30. The number of aryl methyl sites for hydroxylation is 1. The fourth-order valence-corrected chi connectivity index (χ4v) is 4.66. The Labute approximate surface area is 194 Å². The Hall–Kier alpha value is -3.21. The molecule has 1 atom stereocenters. The van der Waals surface area contributed by atoms with E-state index in [-0.39, 0.29) is 30.2 Å². The zero-order chi connectivity index (χ0) is 23.2. The topological polar surface area (TPSA) is 49.4 Å². The van der Waals surface area contributed by atoms with Crippen LogP contribution in [-0.4, -0.2) is 28.8 Å². The Kier molecular flexibility index (Phi) is 7.38. The van der Waals surface area contributed by atoms with E-state index in [1.54, 1.807) is 24.0 Å². The number of amides is 2. The second kappa shape index (κ2) is 10.6. The van der Waals surface area contributed by atoms with Crippen molar-refractivity contribution in [3.05, 3.63) is 83.7 Å². The minimum atomic E-state index is -0.601. The Morgan fingerprint density at radius 2 is 1.70 bits per heavy atom. The summed E-state index contributed by atoms with van der Waals surface area (Å²) in [6, 6.07) is 20.0. The second-order valence-electron chi connectivity index (χ2n) is 8.95. The summed E-state index contributed by atoms with van der Waals surface area (Å²) in [5.74, 6) is -0.525. The van der Waals surface area contributed by atoms with E-state index < -0.39 is 6.04 Å². The van der Waals surface area contributed by atoms with E-state index in [4.69, 9.17) is 0 Å². The first-order valence-corrected chi connectivity index (χ1v) is 11.8. The molecule has 0 saturated heterocycles. The Morgan fingerprint density at radius 3 is 2.45 bits per heavy atom. The maximum absolute atomic E-state index is 13.4. The SMILES string of the molecule is C[C@H](C(=O)NC1CCCC1)N(Cc1ccc(F)cc1)C(=O)CCc1cccc2ccccc12. The van der Waals surface area contributed by atoms with Crippen LogP contribution in [0, 0.1) is 5.82 Å². The molecule has 1 saturated carbocycles. The van der Waals surface area contributed by atoms with Gasteiger partial charge in [-0.15, -0.1) is 0 Å². The second-order valence-corrected chi connectivity index (χ2v) is 8.95. The summed E-state index contributed by atoms with van der Waals surface area (Å²) in [5.41, 5.74) is 1.92. The summed E-state index contributed by atoms with van der Waals surface area (Å²) in [4.78, 5) is 28.0. The van der Waals surface area contributed by atoms with Crippen LogP contribution < -0.4 is 5.32 Å². The lowest BCUT2D eigenvalue weighted by Crippen LogP contribution is -2.49. The molecule has 0 bridgehead atoms. The van der Waals surface area contributed by atoms with Gasteiger partial charge in [-0.2, -0.15) is 0 Å². The average Bonchev–Trinajstić information content (AvgIpc) is 3.34. The van der Waals surface area contributed by atoms with Gasteiger partial charge >= 0.3 is 0 Å². The Bertz CT molecular complexity index is 1100. The van der Waals surface area contributed by atoms with Crippen molar-refractivity contribution < 1.29 is 14.0 Å². The van der Waals surface area contributed by atoms with Crippen LogP contribution in [0.5, 0.6) is 0 Å². The van der Waals surface area contributed by atoms with Gasteiger partial charge in [0, 0.05) is 19.0 Å². The van der Waals surface area contributed by atoms with Gasteiger partial charge in [-0.05, 0) is 60.2 Å². The Morgan fingerprint density at radius 1 is 1.00 bits per heavy atom. The maximum Gasteiger partial charge on any atom is 0.242 e. The van der Waals surface area contributed by atoms with Gasteiger partial charge in [0.15, 0.2) is 0 Å². The third-order valence-corrected chi connectivity index (χ3v) is 6.62. The molecule has 0 aliphatic heterocycles. The summed E-state index contributed by atoms with van der Waals surface area (Å²) in [5, 5.41) is 5.41. The first-order chi connectivity index (χ1) is 16.0. The van der Waals surface area contributed by atoms with Crippen LogP contribution in [0.1, 0.15) is 50.2 Å². The molecule has 33 heavy (non-hydrogen) atoms. The van der Waals surface area contributed by atoms with E-state index >= 15 is 0 Å². The van der Waals surface area contributed by atoms with Crippen LogP contribution >= 0.6 is 0 Å². The summed E-state index contributed by atoms with van der Waals surface area (Å²) in [6.07, 6.45) is 5.13. The van der Waals surface area contributed by atoms with E-state index in [0.29, 0.717) is 12.8 Å². The monoisotopic (exact) mass is 446 g/mol. The lowest BCUT2D eigenvalue weighted by atomic mass is 10.0. The number of carbonyl (C=O) groups is 2. The molecule has 5 heteroatoms. The first kappa shape index (κ1) is 23.0. The van der Waals surface area contributed by atoms with Crippen molar-refractivity contribution >= 4 is 22.6 Å². The number of nitrogens with one attached hydrogen (secondary N) is 1. The molecule has 3 aromatic carbocycles. The number of fused-ring (bicyclic) bond motifs is 1. The molecular weight excluding hydrogens is 415 g/mol. The molecule has 4 nitrogen and oxygen atoms in total. The average molecular weight is 447 g/mol. The van der Waals surface area contributed by atoms with Crippen molar-refractivity contribution in [2.45, 2.75) is 64.1 Å². The number of nitrogens with zero attached hydrogens (tertiary/aromatic N) is 1. The highest BCUT2D eigenvalue weighted by atomic mass is 19.1. The van der Waals surface area contributed by atoms with E-state index in [9.17, 15) is 14.0 Å². The third kappa shape index (κ3) is 5.78. The lowest BCUT2D eigenvalue weighted by molar-refractivity contribution is -0.140. The smallest absolute Gasteiger partial charge is 0.242 e. The van der Waals surface area contributed by atoms with Crippen LogP contribution in [0.4, 0.5) is 4.39 Å². The fourth-order valence-electron chi connectivity index (χ4n) is 4.66. The summed E-state index contributed by atoms with van der Waals surface area (Å²) >= 11 is 0. The van der Waals surface area contributed by atoms with E-state index in [0.717, 1.165) is 47.6 Å². The van der Waals surface area contributed by atoms with E-state index in [1.807, 2.05) is 18.2 Å². The first-order valence-electron chi connectivity index (χ1n) is 11.8.